The molecule has 0 aromatic heterocycles. The highest BCUT2D eigenvalue weighted by atomic mass is 16.3. The van der Waals surface area contributed by atoms with Gasteiger partial charge in [-0.15, -0.1) is 0 Å². The zero-order valence-corrected chi connectivity index (χ0v) is 17.5. The maximum absolute atomic E-state index is 12.3. The molecule has 0 bridgehead atoms. The summed E-state index contributed by atoms with van der Waals surface area (Å²) in [6.45, 7) is 2.23. The molecule has 4 rings (SSSR count). The highest BCUT2D eigenvalue weighted by Gasteiger charge is 2.23. The van der Waals surface area contributed by atoms with E-state index < -0.39 is 5.60 Å². The van der Waals surface area contributed by atoms with E-state index in [9.17, 15) is 9.90 Å². The van der Waals surface area contributed by atoms with Crippen LogP contribution in [0.3, 0.4) is 0 Å². The molecule has 4 aromatic carbocycles. The van der Waals surface area contributed by atoms with Gasteiger partial charge in [0.25, 0.3) is 0 Å². The number of benzene rings is 4. The van der Waals surface area contributed by atoms with Crippen molar-refractivity contribution in [3.63, 3.8) is 0 Å². The van der Waals surface area contributed by atoms with Crippen LogP contribution in [0, 0.1) is 0 Å². The van der Waals surface area contributed by atoms with E-state index >= 15 is 0 Å². The van der Waals surface area contributed by atoms with Crippen molar-refractivity contribution in [1.82, 2.24) is 10.6 Å². The van der Waals surface area contributed by atoms with Crippen molar-refractivity contribution in [2.45, 2.75) is 19.1 Å². The lowest BCUT2D eigenvalue weighted by molar-refractivity contribution is 0.0594. The van der Waals surface area contributed by atoms with E-state index in [2.05, 4.69) is 34.9 Å². The molecule has 0 fully saturated rings. The minimum absolute atomic E-state index is 0.110. The lowest BCUT2D eigenvalue weighted by Crippen LogP contribution is -2.43. The van der Waals surface area contributed by atoms with Gasteiger partial charge in [-0.2, -0.15) is 0 Å². The Morgan fingerprint density at radius 1 is 0.774 bits per heavy atom. The zero-order valence-electron chi connectivity index (χ0n) is 17.5. The highest BCUT2D eigenvalue weighted by molar-refractivity contribution is 5.86. The van der Waals surface area contributed by atoms with Crippen LogP contribution in [-0.2, 0) is 12.1 Å². The van der Waals surface area contributed by atoms with Crippen molar-refractivity contribution < 1.29 is 9.90 Å². The fourth-order valence-electron chi connectivity index (χ4n) is 3.69. The summed E-state index contributed by atoms with van der Waals surface area (Å²) in [4.78, 5) is 12.3. The second-order valence-electron chi connectivity index (χ2n) is 7.89. The largest absolute Gasteiger partial charge is 0.384 e. The number of rotatable bonds is 6. The topological polar surface area (TPSA) is 61.4 Å². The van der Waals surface area contributed by atoms with E-state index in [1.54, 1.807) is 6.92 Å². The predicted octanol–water partition coefficient (Wildman–Crippen LogP) is 5.21. The van der Waals surface area contributed by atoms with Gasteiger partial charge < -0.3 is 15.7 Å². The van der Waals surface area contributed by atoms with Gasteiger partial charge in [0.1, 0.15) is 5.60 Å². The van der Waals surface area contributed by atoms with Crippen LogP contribution in [0.5, 0.6) is 0 Å². The van der Waals surface area contributed by atoms with Crippen LogP contribution in [0.4, 0.5) is 4.79 Å². The Morgan fingerprint density at radius 2 is 1.42 bits per heavy atom. The normalized spacial score (nSPS) is 12.8. The third-order valence-corrected chi connectivity index (χ3v) is 5.53. The Bertz CT molecular complexity index is 1160. The Kier molecular flexibility index (Phi) is 6.01. The fourth-order valence-corrected chi connectivity index (χ4v) is 3.69. The van der Waals surface area contributed by atoms with Crippen molar-refractivity contribution in [1.29, 1.82) is 0 Å². The van der Waals surface area contributed by atoms with Crippen molar-refractivity contribution in [2.75, 3.05) is 6.54 Å². The standard InChI is InChI=1S/C27H26N2O2/c1-27(31,24-16-14-21(15-17-24)20-8-3-2-4-9-20)19-29-26(30)28-18-23-12-7-11-22-10-5-6-13-25(22)23/h2-17,31H,18-19H2,1H3,(H2,28,29,30). The summed E-state index contributed by atoms with van der Waals surface area (Å²) in [6.07, 6.45) is 0. The molecule has 0 saturated heterocycles. The van der Waals surface area contributed by atoms with Crippen molar-refractivity contribution >= 4 is 16.8 Å². The van der Waals surface area contributed by atoms with Gasteiger partial charge in [-0.1, -0.05) is 97.1 Å². The number of amides is 2. The number of hydrogen-bond acceptors (Lipinski definition) is 2. The van der Waals surface area contributed by atoms with Gasteiger partial charge >= 0.3 is 6.03 Å². The minimum atomic E-state index is -1.17. The molecule has 3 N–H and O–H groups in total. The van der Waals surface area contributed by atoms with Crippen LogP contribution in [0.1, 0.15) is 18.1 Å². The minimum Gasteiger partial charge on any atom is -0.384 e. The molecule has 4 heteroatoms. The molecule has 4 aromatic rings. The van der Waals surface area contributed by atoms with Crippen LogP contribution in [0.15, 0.2) is 97.1 Å². The van der Waals surface area contributed by atoms with E-state index in [1.807, 2.05) is 72.8 Å². The summed E-state index contributed by atoms with van der Waals surface area (Å²) in [5.74, 6) is 0. The van der Waals surface area contributed by atoms with Crippen molar-refractivity contribution in [2.24, 2.45) is 0 Å². The first-order chi connectivity index (χ1) is 15.0. The monoisotopic (exact) mass is 410 g/mol. The molecular formula is C27H26N2O2. The molecule has 0 aliphatic rings. The molecular weight excluding hydrogens is 384 g/mol. The van der Waals surface area contributed by atoms with Crippen LogP contribution >= 0.6 is 0 Å². The molecule has 0 radical (unpaired) electrons. The van der Waals surface area contributed by atoms with Gasteiger partial charge in [0.15, 0.2) is 0 Å². The van der Waals surface area contributed by atoms with Gasteiger partial charge in [0.2, 0.25) is 0 Å². The SMILES string of the molecule is CC(O)(CNC(=O)NCc1cccc2ccccc12)c1ccc(-c2ccccc2)cc1. The average Bonchev–Trinajstić information content (AvgIpc) is 2.82. The van der Waals surface area contributed by atoms with Crippen LogP contribution in [0.25, 0.3) is 21.9 Å². The number of nitrogens with one attached hydrogen (secondary N) is 2. The van der Waals surface area contributed by atoms with Crippen molar-refractivity contribution in [3.8, 4) is 11.1 Å². The zero-order chi connectivity index (χ0) is 21.7. The lowest BCUT2D eigenvalue weighted by atomic mass is 9.94. The molecule has 1 atom stereocenters. The quantitative estimate of drug-likeness (QED) is 0.408. The maximum Gasteiger partial charge on any atom is 0.315 e. The van der Waals surface area contributed by atoms with Crippen LogP contribution in [0.2, 0.25) is 0 Å². The Labute approximate surface area is 182 Å². The number of urea groups is 1. The predicted molar refractivity (Wildman–Crippen MR) is 126 cm³/mol. The van der Waals surface area contributed by atoms with Gasteiger partial charge in [0, 0.05) is 6.54 Å². The first-order valence-electron chi connectivity index (χ1n) is 10.4. The number of fused-ring (bicyclic) bond motifs is 1. The van der Waals surface area contributed by atoms with Crippen LogP contribution in [-0.4, -0.2) is 17.7 Å². The summed E-state index contributed by atoms with van der Waals surface area (Å²) in [5, 5.41) is 18.8. The lowest BCUT2D eigenvalue weighted by Gasteiger charge is -2.24. The van der Waals surface area contributed by atoms with E-state index in [-0.39, 0.29) is 12.6 Å². The van der Waals surface area contributed by atoms with E-state index in [4.69, 9.17) is 0 Å². The molecule has 156 valence electrons. The van der Waals surface area contributed by atoms with Gasteiger partial charge in [0.05, 0.1) is 6.54 Å². The van der Waals surface area contributed by atoms with Crippen LogP contribution < -0.4 is 10.6 Å². The summed E-state index contributed by atoms with van der Waals surface area (Å²) in [6, 6.07) is 31.7. The molecule has 0 spiro atoms. The van der Waals surface area contributed by atoms with Gasteiger partial charge in [-0.05, 0) is 39.9 Å². The second-order valence-corrected chi connectivity index (χ2v) is 7.89. The number of carbonyl (C=O) groups is 1. The van der Waals surface area contributed by atoms with Crippen molar-refractivity contribution in [3.05, 3.63) is 108 Å². The van der Waals surface area contributed by atoms with Gasteiger partial charge in [-0.25, -0.2) is 4.79 Å². The summed E-state index contributed by atoms with van der Waals surface area (Å²) in [7, 11) is 0. The van der Waals surface area contributed by atoms with E-state index in [0.717, 1.165) is 33.0 Å². The second kappa shape index (κ2) is 9.02. The third-order valence-electron chi connectivity index (χ3n) is 5.53. The molecule has 0 aliphatic heterocycles. The molecule has 0 heterocycles. The Hall–Kier alpha value is -3.63. The number of carbonyl (C=O) groups excluding carboxylic acids is 1. The molecule has 2 amide bonds. The fraction of sp³-hybridized carbons (Fsp3) is 0.148. The maximum atomic E-state index is 12.3. The smallest absolute Gasteiger partial charge is 0.315 e. The van der Waals surface area contributed by atoms with E-state index in [0.29, 0.717) is 6.54 Å². The third kappa shape index (κ3) is 4.93. The van der Waals surface area contributed by atoms with E-state index in [1.165, 1.54) is 0 Å². The molecule has 0 saturated carbocycles. The summed E-state index contributed by atoms with van der Waals surface area (Å²) in [5.41, 5.74) is 2.84. The number of aliphatic hydroxyl groups is 1. The first-order valence-corrected chi connectivity index (χ1v) is 10.4. The van der Waals surface area contributed by atoms with Gasteiger partial charge in [-0.3, -0.25) is 0 Å². The molecule has 1 unspecified atom stereocenters. The average molecular weight is 411 g/mol. The molecule has 4 nitrogen and oxygen atoms in total. The Morgan fingerprint density at radius 3 is 2.19 bits per heavy atom. The summed E-state index contributed by atoms with van der Waals surface area (Å²) < 4.78 is 0. The number of hydrogen-bond donors (Lipinski definition) is 3. The molecule has 0 aliphatic carbocycles. The summed E-state index contributed by atoms with van der Waals surface area (Å²) >= 11 is 0. The highest BCUT2D eigenvalue weighted by Crippen LogP contribution is 2.25. The first kappa shape index (κ1) is 20.6. The Balaban J connectivity index is 1.35. The molecule has 31 heavy (non-hydrogen) atoms.